The average Bonchev–Trinajstić information content (AvgIpc) is 2.68. The second kappa shape index (κ2) is 7.83. The normalized spacial score (nSPS) is 14.3. The Morgan fingerprint density at radius 2 is 1.84 bits per heavy atom. The van der Waals surface area contributed by atoms with Gasteiger partial charge in [0.25, 0.3) is 0 Å². The Kier molecular flexibility index (Phi) is 5.33. The van der Waals surface area contributed by atoms with Gasteiger partial charge in [0.05, 0.1) is 20.6 Å². The summed E-state index contributed by atoms with van der Waals surface area (Å²) in [5, 5.41) is 0. The molecule has 0 unspecified atom stereocenters. The predicted octanol–water partition coefficient (Wildman–Crippen LogP) is 1.39. The summed E-state index contributed by atoms with van der Waals surface area (Å²) in [6.07, 6.45) is 2.03. The van der Waals surface area contributed by atoms with Gasteiger partial charge in [-0.2, -0.15) is 4.98 Å². The molecule has 0 atom stereocenters. The number of anilines is 1. The van der Waals surface area contributed by atoms with Gasteiger partial charge in [-0.25, -0.2) is 4.98 Å². The van der Waals surface area contributed by atoms with E-state index in [-0.39, 0.29) is 5.91 Å². The molecule has 1 amide bonds. The van der Waals surface area contributed by atoms with E-state index < -0.39 is 0 Å². The number of ether oxygens (including phenoxy) is 2. The van der Waals surface area contributed by atoms with Crippen LogP contribution in [0.3, 0.4) is 0 Å². The van der Waals surface area contributed by atoms with Gasteiger partial charge in [-0.15, -0.1) is 0 Å². The summed E-state index contributed by atoms with van der Waals surface area (Å²) < 4.78 is 10.5. The number of aromatic nitrogens is 2. The molecule has 1 aliphatic heterocycles. The minimum Gasteiger partial charge on any atom is -0.496 e. The lowest BCUT2D eigenvalue weighted by Crippen LogP contribution is -2.49. The monoisotopic (exact) mass is 342 g/mol. The molecule has 1 saturated heterocycles. The summed E-state index contributed by atoms with van der Waals surface area (Å²) >= 11 is 0. The fourth-order valence-electron chi connectivity index (χ4n) is 2.88. The molecule has 2 aromatic rings. The highest BCUT2D eigenvalue weighted by molar-refractivity contribution is 5.79. The fourth-order valence-corrected chi connectivity index (χ4v) is 2.88. The van der Waals surface area contributed by atoms with Crippen LogP contribution in [-0.2, 0) is 11.2 Å². The Labute approximate surface area is 147 Å². The number of para-hydroxylation sites is 1. The van der Waals surface area contributed by atoms with Crippen molar-refractivity contribution >= 4 is 11.9 Å². The van der Waals surface area contributed by atoms with Crippen molar-refractivity contribution in [2.75, 3.05) is 45.3 Å². The molecule has 0 radical (unpaired) electrons. The molecule has 0 saturated carbocycles. The molecular weight excluding hydrogens is 320 g/mol. The van der Waals surface area contributed by atoms with Crippen molar-refractivity contribution in [3.8, 4) is 11.6 Å². The van der Waals surface area contributed by atoms with Gasteiger partial charge < -0.3 is 19.3 Å². The van der Waals surface area contributed by atoms with E-state index in [0.29, 0.717) is 44.4 Å². The summed E-state index contributed by atoms with van der Waals surface area (Å²) in [5.41, 5.74) is 0.911. The van der Waals surface area contributed by atoms with Gasteiger partial charge in [0.15, 0.2) is 0 Å². The first-order valence-electron chi connectivity index (χ1n) is 8.23. The van der Waals surface area contributed by atoms with E-state index in [1.165, 1.54) is 0 Å². The van der Waals surface area contributed by atoms with Gasteiger partial charge in [-0.1, -0.05) is 18.2 Å². The second-order valence-corrected chi connectivity index (χ2v) is 5.76. The largest absolute Gasteiger partial charge is 0.496 e. The zero-order valence-electron chi connectivity index (χ0n) is 14.5. The second-order valence-electron chi connectivity index (χ2n) is 5.76. The van der Waals surface area contributed by atoms with Crippen molar-refractivity contribution in [3.63, 3.8) is 0 Å². The zero-order valence-corrected chi connectivity index (χ0v) is 14.5. The van der Waals surface area contributed by atoms with E-state index in [0.717, 1.165) is 11.3 Å². The third-order valence-electron chi connectivity index (χ3n) is 4.28. The lowest BCUT2D eigenvalue weighted by Gasteiger charge is -2.34. The van der Waals surface area contributed by atoms with Crippen LogP contribution in [0.4, 0.5) is 5.95 Å². The number of hydrogen-bond donors (Lipinski definition) is 0. The topological polar surface area (TPSA) is 67.8 Å². The smallest absolute Gasteiger partial charge is 0.228 e. The molecule has 0 bridgehead atoms. The number of carbonyl (C=O) groups is 1. The highest BCUT2D eigenvalue weighted by Crippen LogP contribution is 2.19. The summed E-state index contributed by atoms with van der Waals surface area (Å²) in [6, 6.07) is 9.34. The number of rotatable bonds is 5. The van der Waals surface area contributed by atoms with Crippen LogP contribution in [0, 0.1) is 0 Å². The maximum absolute atomic E-state index is 12.6. The van der Waals surface area contributed by atoms with Crippen LogP contribution in [0.2, 0.25) is 0 Å². The Morgan fingerprint density at radius 1 is 1.08 bits per heavy atom. The molecule has 7 heteroatoms. The molecule has 0 N–H and O–H groups in total. The molecule has 1 aliphatic rings. The van der Waals surface area contributed by atoms with Crippen molar-refractivity contribution in [1.29, 1.82) is 0 Å². The third kappa shape index (κ3) is 3.99. The molecule has 25 heavy (non-hydrogen) atoms. The minimum atomic E-state index is 0.107. The maximum atomic E-state index is 12.6. The van der Waals surface area contributed by atoms with Crippen LogP contribution in [0.1, 0.15) is 5.56 Å². The molecule has 132 valence electrons. The summed E-state index contributed by atoms with van der Waals surface area (Å²) in [4.78, 5) is 25.2. The van der Waals surface area contributed by atoms with Crippen molar-refractivity contribution < 1.29 is 14.3 Å². The summed E-state index contributed by atoms with van der Waals surface area (Å²) in [5.74, 6) is 2.03. The minimum absolute atomic E-state index is 0.107. The van der Waals surface area contributed by atoms with E-state index >= 15 is 0 Å². The fraction of sp³-hybridized carbons (Fsp3) is 0.389. The van der Waals surface area contributed by atoms with Gasteiger partial charge in [0, 0.05) is 44.0 Å². The van der Waals surface area contributed by atoms with Crippen molar-refractivity contribution in [1.82, 2.24) is 14.9 Å². The third-order valence-corrected chi connectivity index (χ3v) is 4.28. The quantitative estimate of drug-likeness (QED) is 0.818. The van der Waals surface area contributed by atoms with E-state index in [1.54, 1.807) is 26.5 Å². The first kappa shape index (κ1) is 17.0. The number of piperazine rings is 1. The van der Waals surface area contributed by atoms with Crippen LogP contribution < -0.4 is 14.4 Å². The van der Waals surface area contributed by atoms with Crippen LogP contribution in [0.15, 0.2) is 36.5 Å². The number of amides is 1. The number of nitrogens with zero attached hydrogens (tertiary/aromatic N) is 4. The van der Waals surface area contributed by atoms with Crippen LogP contribution in [-0.4, -0.2) is 61.2 Å². The van der Waals surface area contributed by atoms with Gasteiger partial charge >= 0.3 is 0 Å². The van der Waals surface area contributed by atoms with Crippen molar-refractivity contribution in [2.45, 2.75) is 6.42 Å². The van der Waals surface area contributed by atoms with Gasteiger partial charge in [0.2, 0.25) is 17.7 Å². The molecule has 7 nitrogen and oxygen atoms in total. The van der Waals surface area contributed by atoms with E-state index in [9.17, 15) is 4.79 Å². The van der Waals surface area contributed by atoms with Crippen LogP contribution in [0.25, 0.3) is 0 Å². The van der Waals surface area contributed by atoms with Gasteiger partial charge in [-0.05, 0) is 6.07 Å². The summed E-state index contributed by atoms with van der Waals surface area (Å²) in [6.45, 7) is 2.69. The van der Waals surface area contributed by atoms with Gasteiger partial charge in [-0.3, -0.25) is 4.79 Å². The molecule has 1 fully saturated rings. The highest BCUT2D eigenvalue weighted by atomic mass is 16.5. The van der Waals surface area contributed by atoms with E-state index in [1.807, 2.05) is 29.2 Å². The Bertz CT molecular complexity index is 730. The summed E-state index contributed by atoms with van der Waals surface area (Å²) in [7, 11) is 3.21. The first-order valence-corrected chi connectivity index (χ1v) is 8.23. The van der Waals surface area contributed by atoms with E-state index in [4.69, 9.17) is 9.47 Å². The molecule has 1 aromatic heterocycles. The molecule has 0 spiro atoms. The Balaban J connectivity index is 1.59. The molecule has 2 heterocycles. The Morgan fingerprint density at radius 3 is 2.56 bits per heavy atom. The highest BCUT2D eigenvalue weighted by Gasteiger charge is 2.23. The number of carbonyl (C=O) groups excluding carboxylic acids is 1. The van der Waals surface area contributed by atoms with Crippen molar-refractivity contribution in [2.24, 2.45) is 0 Å². The lowest BCUT2D eigenvalue weighted by atomic mass is 10.1. The zero-order chi connectivity index (χ0) is 17.6. The van der Waals surface area contributed by atoms with Gasteiger partial charge in [0.1, 0.15) is 5.75 Å². The number of methoxy groups -OCH3 is 2. The lowest BCUT2D eigenvalue weighted by molar-refractivity contribution is -0.130. The number of hydrogen-bond acceptors (Lipinski definition) is 6. The molecule has 1 aromatic carbocycles. The van der Waals surface area contributed by atoms with E-state index in [2.05, 4.69) is 14.9 Å². The standard InChI is InChI=1S/C18H22N4O3/c1-24-15-6-4-3-5-14(15)13-17(23)21-9-11-22(12-10-21)18-19-8-7-16(20-18)25-2/h3-8H,9-13H2,1-2H3. The average molecular weight is 342 g/mol. The first-order chi connectivity index (χ1) is 12.2. The van der Waals surface area contributed by atoms with Crippen LogP contribution >= 0.6 is 0 Å². The molecule has 3 rings (SSSR count). The molecule has 0 aliphatic carbocycles. The number of benzene rings is 1. The van der Waals surface area contributed by atoms with Crippen LogP contribution in [0.5, 0.6) is 11.6 Å². The van der Waals surface area contributed by atoms with Crippen molar-refractivity contribution in [3.05, 3.63) is 42.1 Å². The Hall–Kier alpha value is -2.83. The molecular formula is C18H22N4O3. The SMILES string of the molecule is COc1ccnc(N2CCN(C(=O)Cc3ccccc3OC)CC2)n1. The predicted molar refractivity (Wildman–Crippen MR) is 94.1 cm³/mol. The maximum Gasteiger partial charge on any atom is 0.228 e.